The van der Waals surface area contributed by atoms with E-state index >= 15 is 0 Å². The van der Waals surface area contributed by atoms with E-state index in [1.165, 1.54) is 0 Å². The zero-order valence-corrected chi connectivity index (χ0v) is 24.2. The summed E-state index contributed by atoms with van der Waals surface area (Å²) in [6.45, 7) is 0. The van der Waals surface area contributed by atoms with Gasteiger partial charge in [0.05, 0.1) is 37.0 Å². The zero-order valence-electron chi connectivity index (χ0n) is 51.2. The fourth-order valence-corrected chi connectivity index (χ4v) is 5.43. The summed E-state index contributed by atoms with van der Waals surface area (Å²) in [6.07, 6.45) is 0. The van der Waals surface area contributed by atoms with E-state index < -0.39 is 263 Å². The summed E-state index contributed by atoms with van der Waals surface area (Å²) in [5, 5.41) is -3.89. The van der Waals surface area contributed by atoms with Crippen LogP contribution < -0.4 is 0 Å². The average molecular weight is 653 g/mol. The average Bonchev–Trinajstić information content (AvgIpc) is 3.84. The lowest BCUT2D eigenvalue weighted by Crippen LogP contribution is -2.00. The number of benzene rings is 8. The third-order valence-corrected chi connectivity index (χ3v) is 7.57. The van der Waals surface area contributed by atoms with Gasteiger partial charge in [0.25, 0.3) is 0 Å². The first-order chi connectivity index (χ1) is 35.5. The molecular formula is C45H27N3O. The van der Waals surface area contributed by atoms with E-state index in [1.807, 2.05) is 0 Å². The molecule has 228 valence electrons. The molecule has 0 saturated carbocycles. The molecule has 0 aliphatic rings. The summed E-state index contributed by atoms with van der Waals surface area (Å²) in [7, 11) is 0. The van der Waals surface area contributed by atoms with Gasteiger partial charge in [-0.05, 0) is 61.6 Å². The van der Waals surface area contributed by atoms with E-state index in [-0.39, 0.29) is 0 Å². The first-order valence-electron chi connectivity index (χ1n) is 27.7. The van der Waals surface area contributed by atoms with Crippen LogP contribution in [0.25, 0.3) is 99.5 Å². The normalized spacial score (nSPS) is 19.4. The van der Waals surface area contributed by atoms with Crippen LogP contribution in [0.5, 0.6) is 0 Å². The minimum absolute atomic E-state index is 0.420. The predicted molar refractivity (Wildman–Crippen MR) is 201 cm³/mol. The molecule has 8 aromatic carbocycles. The van der Waals surface area contributed by atoms with Crippen LogP contribution in [0, 0.1) is 0 Å². The summed E-state index contributed by atoms with van der Waals surface area (Å²) in [4.78, 5) is 13.0. The molecule has 0 atom stereocenters. The van der Waals surface area contributed by atoms with Gasteiger partial charge >= 0.3 is 0 Å². The molecule has 0 unspecified atom stereocenters. The molecule has 4 heteroatoms. The fraction of sp³-hybridized carbons (Fsp3) is 0. The number of nitrogens with zero attached hydrogens (tertiary/aromatic N) is 3. The Hall–Kier alpha value is -6.65. The number of hydrogen-bond acceptors (Lipinski definition) is 4. The lowest BCUT2D eigenvalue weighted by Gasteiger charge is -2.12. The van der Waals surface area contributed by atoms with Crippen molar-refractivity contribution in [1.82, 2.24) is 15.0 Å². The van der Waals surface area contributed by atoms with Gasteiger partial charge in [0.1, 0.15) is 11.2 Å². The van der Waals surface area contributed by atoms with Crippen LogP contribution in [0.15, 0.2) is 168 Å². The summed E-state index contributed by atoms with van der Waals surface area (Å²) in [5.41, 5.74) is -4.90. The minimum atomic E-state index is -1.07. The van der Waals surface area contributed by atoms with Crippen molar-refractivity contribution in [3.8, 4) is 45.3 Å². The van der Waals surface area contributed by atoms with Gasteiger partial charge in [-0.25, -0.2) is 15.0 Å². The molecule has 0 N–H and O–H groups in total. The Morgan fingerprint density at radius 2 is 0.837 bits per heavy atom. The van der Waals surface area contributed by atoms with Crippen molar-refractivity contribution in [3.63, 3.8) is 0 Å². The van der Waals surface area contributed by atoms with E-state index in [1.54, 1.807) is 0 Å². The number of hydrogen-bond donors (Lipinski definition) is 0. The van der Waals surface area contributed by atoms with Crippen molar-refractivity contribution < 1.29 is 41.4 Å². The van der Waals surface area contributed by atoms with Crippen LogP contribution in [-0.4, -0.2) is 15.0 Å². The van der Waals surface area contributed by atoms with Crippen LogP contribution in [0.1, 0.15) is 37.0 Å². The van der Waals surface area contributed by atoms with Gasteiger partial charge < -0.3 is 4.42 Å². The summed E-state index contributed by atoms with van der Waals surface area (Å²) in [5.74, 6) is -2.49. The van der Waals surface area contributed by atoms with Crippen molar-refractivity contribution >= 4 is 54.3 Å². The van der Waals surface area contributed by atoms with Crippen molar-refractivity contribution in [2.24, 2.45) is 0 Å². The van der Waals surface area contributed by atoms with Gasteiger partial charge in [0.15, 0.2) is 17.5 Å². The minimum Gasteiger partial charge on any atom is -0.456 e. The van der Waals surface area contributed by atoms with E-state index in [4.69, 9.17) is 31.8 Å². The first kappa shape index (κ1) is 11.8. The van der Waals surface area contributed by atoms with Crippen LogP contribution in [0.2, 0.25) is 0 Å². The molecule has 0 fully saturated rings. The standard InChI is InChI=1S/C45H27N3O/c1-2-11-29(12-3-1)43-46-44(48-45(47-43)38-18-10-20-41-42(38)37-17-8-9-19-40(37)49-41)30-23-21-28(22-24-30)31-25-26-36-34-15-5-4-13-32(34)33-14-6-7-16-35(33)39(36)27-31/h1-27H/i1D,2D,3D,4D,5D,6D,7D,8D,9D,10D,11D,12D,13D,14D,15D,16D,17D,18D,19D,20D,21D,22D,23D,24D,25D,26D,27D. The van der Waals surface area contributed by atoms with Crippen molar-refractivity contribution in [3.05, 3.63) is 163 Å². The van der Waals surface area contributed by atoms with Crippen LogP contribution in [-0.2, 0) is 0 Å². The highest BCUT2D eigenvalue weighted by molar-refractivity contribution is 6.25. The Kier molecular flexibility index (Phi) is 2.64. The lowest BCUT2D eigenvalue weighted by molar-refractivity contribution is 0.669. The highest BCUT2D eigenvalue weighted by atomic mass is 16.3. The largest absolute Gasteiger partial charge is 0.456 e. The molecule has 0 aliphatic heterocycles. The lowest BCUT2D eigenvalue weighted by atomic mass is 9.92. The van der Waals surface area contributed by atoms with Crippen LogP contribution >= 0.6 is 0 Å². The maximum atomic E-state index is 9.64. The fourth-order valence-electron chi connectivity index (χ4n) is 5.43. The quantitative estimate of drug-likeness (QED) is 0.178. The molecule has 2 aromatic heterocycles. The van der Waals surface area contributed by atoms with Gasteiger partial charge in [-0.3, -0.25) is 0 Å². The van der Waals surface area contributed by atoms with Crippen molar-refractivity contribution in [1.29, 1.82) is 0 Å². The van der Waals surface area contributed by atoms with Gasteiger partial charge in [-0.1, -0.05) is 145 Å². The van der Waals surface area contributed by atoms with E-state index in [0.717, 1.165) is 0 Å². The number of aromatic nitrogens is 3. The van der Waals surface area contributed by atoms with E-state index in [9.17, 15) is 9.60 Å². The van der Waals surface area contributed by atoms with Gasteiger partial charge in [0, 0.05) is 27.5 Å². The molecule has 2 heterocycles. The predicted octanol–water partition coefficient (Wildman–Crippen LogP) is 11.9. The second kappa shape index (κ2) is 11.0. The van der Waals surface area contributed by atoms with E-state index in [2.05, 4.69) is 15.0 Å². The van der Waals surface area contributed by atoms with Gasteiger partial charge in [0.2, 0.25) is 0 Å². The summed E-state index contributed by atoms with van der Waals surface area (Å²) >= 11 is 0. The van der Waals surface area contributed by atoms with Crippen LogP contribution in [0.3, 0.4) is 0 Å². The Morgan fingerprint density at radius 3 is 1.53 bits per heavy atom. The highest BCUT2D eigenvalue weighted by Crippen LogP contribution is 2.39. The van der Waals surface area contributed by atoms with Gasteiger partial charge in [-0.2, -0.15) is 0 Å². The second-order valence-electron chi connectivity index (χ2n) is 10.3. The number of fused-ring (bicyclic) bond motifs is 9. The Bertz CT molecular complexity index is 4340. The molecular weight excluding hydrogens is 599 g/mol. The molecule has 0 aliphatic carbocycles. The monoisotopic (exact) mass is 652 g/mol. The third kappa shape index (κ3) is 4.49. The summed E-state index contributed by atoms with van der Waals surface area (Å²) < 4.78 is 244. The molecule has 0 spiro atoms. The van der Waals surface area contributed by atoms with Crippen molar-refractivity contribution in [2.75, 3.05) is 0 Å². The smallest absolute Gasteiger partial charge is 0.164 e. The van der Waals surface area contributed by atoms with Crippen molar-refractivity contribution in [2.45, 2.75) is 0 Å². The topological polar surface area (TPSA) is 51.8 Å². The Balaban J connectivity index is 1.35. The molecule has 0 bridgehead atoms. The molecule has 10 rings (SSSR count). The molecule has 0 radical (unpaired) electrons. The number of furan rings is 1. The first-order valence-corrected chi connectivity index (χ1v) is 14.2. The molecule has 0 saturated heterocycles. The molecule has 4 nitrogen and oxygen atoms in total. The molecule has 0 amide bonds. The molecule has 49 heavy (non-hydrogen) atoms. The summed E-state index contributed by atoms with van der Waals surface area (Å²) in [6, 6.07) is -23.4. The maximum Gasteiger partial charge on any atom is 0.164 e. The highest BCUT2D eigenvalue weighted by Gasteiger charge is 2.18. The zero-order chi connectivity index (χ0) is 55.8. The maximum absolute atomic E-state index is 9.64. The van der Waals surface area contributed by atoms with Crippen LogP contribution in [0.4, 0.5) is 0 Å². The number of rotatable bonds is 4. The SMILES string of the molecule is [2H]c1c([2H])c([2H])c(-c2nc(-c3c([2H])c([2H])c(-c4c([2H])c([2H])c5c6c([2H])c([2H])c([2H])c([2H])c6c6c([2H])c([2H])c([2H])c([2H])c6c5c4[2H])c([2H])c3[2H])nc(-c3c([2H])c([2H])c([2H])c4oc5c([2H])c([2H])c([2H])c([2H])c5c34)n2)c([2H])c1[2H]. The molecule has 10 aromatic rings. The number of para-hydroxylation sites is 1. The second-order valence-corrected chi connectivity index (χ2v) is 10.3. The van der Waals surface area contributed by atoms with Gasteiger partial charge in [-0.15, -0.1) is 0 Å². The Morgan fingerprint density at radius 1 is 0.347 bits per heavy atom. The van der Waals surface area contributed by atoms with E-state index in [0.29, 0.717) is 0 Å². The Labute approximate surface area is 319 Å². The third-order valence-electron chi connectivity index (χ3n) is 7.57.